The van der Waals surface area contributed by atoms with Gasteiger partial charge in [-0.05, 0) is 240 Å². The van der Waals surface area contributed by atoms with E-state index < -0.39 is 132 Å². The summed E-state index contributed by atoms with van der Waals surface area (Å²) in [6.45, 7) is 92.9. The van der Waals surface area contributed by atoms with E-state index in [2.05, 4.69) is 194 Å². The summed E-state index contributed by atoms with van der Waals surface area (Å²) in [5, 5.41) is 0. The maximum Gasteiger partial charge on any atom is 0.403 e. The molecule has 0 N–H and O–H groups in total. The van der Waals surface area contributed by atoms with Gasteiger partial charge in [0.2, 0.25) is 0 Å². The fourth-order valence-electron chi connectivity index (χ4n) is 17.3. The number of halogens is 27. The van der Waals surface area contributed by atoms with E-state index in [4.69, 9.17) is 0 Å². The van der Waals surface area contributed by atoms with E-state index >= 15 is 0 Å². The Morgan fingerprint density at radius 2 is 0.640 bits per heavy atom. The molecule has 8 saturated carbocycles. The molecule has 8 aliphatic carbocycles. The zero-order valence-corrected chi connectivity index (χ0v) is 93.6. The topological polar surface area (TPSA) is 0 Å². The molecule has 4 unspecified atom stereocenters. The maximum atomic E-state index is 12.7. The van der Waals surface area contributed by atoms with Gasteiger partial charge in [-0.3, -0.25) is 0 Å². The van der Waals surface area contributed by atoms with Crippen molar-refractivity contribution in [3.05, 3.63) is 0 Å². The van der Waals surface area contributed by atoms with Crippen molar-refractivity contribution < 1.29 is 119 Å². The largest absolute Gasteiger partial charge is 0.403 e. The standard InChI is InChI=1S/C10H19F3.C10H18.2C10H22.2C9H12F6.C9H15F3.C9H17F3.C9H20.2C8H13F3.C8H18/c1-7(2)8(3,4)9(5,6)10(11,12)13;1-8-7-9-3-5-10(8,2)6-4-9;2*1-8(2)10(6,7)9(3,4)5;1-6-2-4-7(5-3-6,8(10,11)12)9(13,14)15;1-6-4-2-3-5-7(6,8(10,11)12)9(13,14)15;1-6-4-3-5-8(7(6)2)9(10,11)12;1-6(2)8(4,5)7(3)9(10,11)12;1-7(2)8(3)9(4,5)6;1-6-2-4-7(5-3-6)8(9,10)11;1-6-3-2-4-7(5-6)8(9,10)11;1-7(2,3)8(4,5)6/h7H,1-6H3;8-9H,3-7H2,1-2H3;2*8H,1-7H3;2*6H,2-5H2,1H3;6-8H,3-5H2,1-2H3;6-7H,1-5H3;7-8H,1-6H3;2*6-7H,2-5H2,1H3;1-6H3/t;8-,9?,10?;;;;6-;6?,7-,8?;;8-;;6-,7?;/m.0...11.1.1./s1. The highest BCUT2D eigenvalue weighted by atomic mass is 19.4. The summed E-state index contributed by atoms with van der Waals surface area (Å²) in [5.41, 5.74) is -6.21. The predicted octanol–water partition coefficient (Wildman–Crippen LogP) is 44.2. The Kier molecular flexibility index (Phi) is 56.2. The maximum absolute atomic E-state index is 12.7. The normalized spacial score (nSPS) is 25.5. The van der Waals surface area contributed by atoms with E-state index in [-0.39, 0.29) is 61.2 Å². The van der Waals surface area contributed by atoms with Gasteiger partial charge in [0.25, 0.3) is 0 Å². The summed E-state index contributed by atoms with van der Waals surface area (Å²) in [7, 11) is 0. The predicted molar refractivity (Wildman–Crippen MR) is 515 cm³/mol. The lowest BCUT2D eigenvalue weighted by Crippen LogP contribution is -2.55. The van der Waals surface area contributed by atoms with Gasteiger partial charge in [-0.2, -0.15) is 119 Å². The molecule has 0 aliphatic heterocycles. The van der Waals surface area contributed by atoms with E-state index in [1.165, 1.54) is 52.9 Å². The molecule has 0 radical (unpaired) electrons. The summed E-state index contributed by atoms with van der Waals surface area (Å²) in [4.78, 5) is 0. The van der Waals surface area contributed by atoms with E-state index in [1.807, 2.05) is 48.5 Å². The van der Waals surface area contributed by atoms with Crippen molar-refractivity contribution in [2.45, 2.75) is 521 Å². The summed E-state index contributed by atoms with van der Waals surface area (Å²) >= 11 is 0. The van der Waals surface area contributed by atoms with Crippen LogP contribution in [0.25, 0.3) is 0 Å². The third kappa shape index (κ3) is 44.8. The third-order valence-corrected chi connectivity index (χ3v) is 36.9. The quantitative estimate of drug-likeness (QED) is 0.223. The highest BCUT2D eigenvalue weighted by Gasteiger charge is 2.73. The Hall–Kier alpha value is -1.89. The number of hydrogen-bond acceptors (Lipinski definition) is 0. The zero-order valence-electron chi connectivity index (χ0n) is 93.6. The van der Waals surface area contributed by atoms with Crippen molar-refractivity contribution in [1.82, 2.24) is 0 Å². The Bertz CT molecular complexity index is 3060. The second-order valence-corrected chi connectivity index (χ2v) is 52.4. The van der Waals surface area contributed by atoms with Gasteiger partial charge in [0.15, 0.2) is 10.8 Å². The summed E-state index contributed by atoms with van der Waals surface area (Å²) < 4.78 is 335. The fourth-order valence-corrected chi connectivity index (χ4v) is 17.3. The number of alkyl halides is 27. The molecule has 2 bridgehead atoms. The van der Waals surface area contributed by atoms with Gasteiger partial charge < -0.3 is 0 Å². The van der Waals surface area contributed by atoms with Crippen molar-refractivity contribution in [2.24, 2.45) is 177 Å². The summed E-state index contributed by atoms with van der Waals surface area (Å²) in [5.74, 6) is 0.316. The van der Waals surface area contributed by atoms with Crippen molar-refractivity contribution in [3.8, 4) is 0 Å². The molecule has 136 heavy (non-hydrogen) atoms. The van der Waals surface area contributed by atoms with Gasteiger partial charge in [0.1, 0.15) is 0 Å². The van der Waals surface area contributed by atoms with Gasteiger partial charge >= 0.3 is 55.6 Å². The monoisotopic (exact) mass is 2020 g/mol. The second-order valence-electron chi connectivity index (χ2n) is 52.4. The molecule has 0 aromatic rings. The molecular formula is C109H201F27. The van der Waals surface area contributed by atoms with Crippen LogP contribution in [0, 0.1) is 177 Å². The fraction of sp³-hybridized carbons (Fsp3) is 1.00. The molecule has 0 amide bonds. The number of rotatable bonds is 7. The third-order valence-electron chi connectivity index (χ3n) is 36.9. The summed E-state index contributed by atoms with van der Waals surface area (Å²) in [6, 6.07) is 0. The van der Waals surface area contributed by atoms with Gasteiger partial charge in [-0.15, -0.1) is 0 Å². The molecule has 826 valence electrons. The zero-order chi connectivity index (χ0) is 110. The van der Waals surface area contributed by atoms with Crippen LogP contribution in [-0.4, -0.2) is 55.6 Å². The Morgan fingerprint density at radius 3 is 0.831 bits per heavy atom. The Labute approximate surface area is 813 Å². The lowest BCUT2D eigenvalue weighted by molar-refractivity contribution is -0.364. The van der Waals surface area contributed by atoms with Crippen molar-refractivity contribution in [3.63, 3.8) is 0 Å². The number of hydrogen-bond donors (Lipinski definition) is 0. The molecule has 0 spiro atoms. The second kappa shape index (κ2) is 53.6. The Balaban J connectivity index is -0.000000461. The van der Waals surface area contributed by atoms with Crippen LogP contribution in [0.1, 0.15) is 466 Å². The molecule has 9 atom stereocenters. The van der Waals surface area contributed by atoms with Crippen molar-refractivity contribution >= 4 is 0 Å². The van der Waals surface area contributed by atoms with Gasteiger partial charge in [-0.25, -0.2) is 0 Å². The van der Waals surface area contributed by atoms with Gasteiger partial charge in [-0.1, -0.05) is 363 Å². The first-order valence-electron chi connectivity index (χ1n) is 51.0. The molecule has 0 saturated heterocycles. The highest BCUT2D eigenvalue weighted by molar-refractivity contribution is 5.01. The SMILES string of the molecule is CC(C)(C)C(C)(C)C.CC(C)C(C)(C)C(C)(C)C.CC(C)C(C)(C)C(C)(C)C.CC(C)C(C)(C)C(C)(C)C(F)(F)F.CC(C)C(C)(C)C(C)C(F)(F)F.CC(C)[C@@H](C)C(C)(C)C.CC1CCC(C(F)(F)F)(C(F)(F)F)CC1.CC1CCC(C(F)(F)F)CC1.CC1CCCC(C(F)(F)F)[C@@H]1C.C[C@@H]1CCCC(C(F)(F)F)C1.C[C@@H]1CCCCC1(C(F)(F)F)C(F)(F)F.C[C@H]1CC2CCC1(C)CC2. The molecule has 27 heteroatoms. The van der Waals surface area contributed by atoms with Crippen LogP contribution in [0.5, 0.6) is 0 Å². The smallest absolute Gasteiger partial charge is 0.171 e. The van der Waals surface area contributed by atoms with Crippen molar-refractivity contribution in [2.75, 3.05) is 0 Å². The molecule has 0 aromatic carbocycles. The van der Waals surface area contributed by atoms with Crippen LogP contribution in [0.15, 0.2) is 0 Å². The average molecular weight is 2020 g/mol. The number of fused-ring (bicyclic) bond motifs is 3. The Morgan fingerprint density at radius 1 is 0.287 bits per heavy atom. The van der Waals surface area contributed by atoms with Crippen LogP contribution < -0.4 is 0 Å². The average Bonchev–Trinajstić information content (AvgIpc) is 0.738. The van der Waals surface area contributed by atoms with E-state index in [1.54, 1.807) is 41.5 Å². The molecular weight excluding hydrogens is 1820 g/mol. The van der Waals surface area contributed by atoms with Crippen LogP contribution in [-0.2, 0) is 0 Å². The lowest BCUT2D eigenvalue weighted by Gasteiger charge is -2.49. The minimum absolute atomic E-state index is 0.00382. The van der Waals surface area contributed by atoms with E-state index in [0.717, 1.165) is 86.4 Å². The highest BCUT2D eigenvalue weighted by Crippen LogP contribution is 2.63. The molecule has 0 heterocycles. The minimum Gasteiger partial charge on any atom is -0.171 e. The van der Waals surface area contributed by atoms with Gasteiger partial charge in [0.05, 0.1) is 29.1 Å². The van der Waals surface area contributed by atoms with Crippen molar-refractivity contribution in [1.29, 1.82) is 0 Å². The molecule has 8 fully saturated rings. The first kappa shape index (κ1) is 143. The van der Waals surface area contributed by atoms with Crippen LogP contribution >= 0.6 is 0 Å². The molecule has 8 rings (SSSR count). The van der Waals surface area contributed by atoms with Crippen LogP contribution in [0.2, 0.25) is 0 Å². The first-order valence-corrected chi connectivity index (χ1v) is 51.0. The lowest BCUT2D eigenvalue weighted by atomic mass is 9.57. The molecule has 0 aromatic heterocycles. The minimum atomic E-state index is -5.20. The first-order chi connectivity index (χ1) is 59.4. The summed E-state index contributed by atoms with van der Waals surface area (Å²) in [6.07, 6.45) is -28.8. The molecule has 8 aliphatic rings. The van der Waals surface area contributed by atoms with E-state index in [9.17, 15) is 119 Å². The van der Waals surface area contributed by atoms with Crippen LogP contribution in [0.3, 0.4) is 0 Å². The molecule has 0 nitrogen and oxygen atoms in total. The van der Waals surface area contributed by atoms with E-state index in [0.29, 0.717) is 82.3 Å². The van der Waals surface area contributed by atoms with Crippen LogP contribution in [0.4, 0.5) is 119 Å². The van der Waals surface area contributed by atoms with Gasteiger partial charge in [0, 0.05) is 0 Å².